The van der Waals surface area contributed by atoms with E-state index in [-0.39, 0.29) is 17.2 Å². The number of aromatic hydroxyl groups is 1. The van der Waals surface area contributed by atoms with Gasteiger partial charge in [-0.2, -0.15) is 0 Å². The van der Waals surface area contributed by atoms with Crippen LogP contribution in [0.2, 0.25) is 0 Å². The Hall–Kier alpha value is -1.84. The van der Waals surface area contributed by atoms with Crippen LogP contribution >= 0.6 is 0 Å². The number of carbonyl (C=O) groups is 2. The second-order valence-corrected chi connectivity index (χ2v) is 3.09. The monoisotopic (exact) mass is 193 g/mol. The van der Waals surface area contributed by atoms with Gasteiger partial charge in [0.15, 0.2) is 6.29 Å². The lowest BCUT2D eigenvalue weighted by molar-refractivity contribution is 0.0824. The molecule has 1 N–H and O–H groups in total. The van der Waals surface area contributed by atoms with Gasteiger partial charge in [-0.3, -0.25) is 9.59 Å². The molecular weight excluding hydrogens is 182 g/mol. The molecule has 1 aromatic rings. The highest BCUT2D eigenvalue weighted by Gasteiger charge is 2.12. The molecule has 0 atom stereocenters. The van der Waals surface area contributed by atoms with E-state index < -0.39 is 0 Å². The van der Waals surface area contributed by atoms with E-state index in [1.807, 2.05) is 0 Å². The van der Waals surface area contributed by atoms with Crippen LogP contribution in [0.3, 0.4) is 0 Å². The highest BCUT2D eigenvalue weighted by molar-refractivity contribution is 6.01. The Morgan fingerprint density at radius 1 is 1.43 bits per heavy atom. The van der Waals surface area contributed by atoms with Crippen molar-refractivity contribution in [3.63, 3.8) is 0 Å². The number of hydrogen-bond donors (Lipinski definition) is 1. The van der Waals surface area contributed by atoms with Crippen molar-refractivity contribution in [1.82, 2.24) is 4.90 Å². The number of nitrogens with zero attached hydrogens (tertiary/aromatic N) is 1. The third kappa shape index (κ3) is 1.90. The molecule has 0 unspecified atom stereocenters. The molecule has 0 aliphatic carbocycles. The molecule has 0 bridgehead atoms. The molecule has 0 saturated heterocycles. The van der Waals surface area contributed by atoms with Gasteiger partial charge >= 0.3 is 0 Å². The summed E-state index contributed by atoms with van der Waals surface area (Å²) >= 11 is 0. The lowest BCUT2D eigenvalue weighted by Gasteiger charge is -2.11. The predicted octanol–water partition coefficient (Wildman–Crippen LogP) is 0.907. The lowest BCUT2D eigenvalue weighted by Crippen LogP contribution is -2.22. The number of amides is 1. The van der Waals surface area contributed by atoms with Crippen LogP contribution in [-0.2, 0) is 0 Å². The Kier molecular flexibility index (Phi) is 2.86. The van der Waals surface area contributed by atoms with Crippen molar-refractivity contribution < 1.29 is 14.7 Å². The van der Waals surface area contributed by atoms with E-state index in [0.29, 0.717) is 11.8 Å². The van der Waals surface area contributed by atoms with Crippen LogP contribution in [0, 0.1) is 0 Å². The summed E-state index contributed by atoms with van der Waals surface area (Å²) in [6.45, 7) is 0. The largest absolute Gasteiger partial charge is 0.508 e. The fourth-order valence-electron chi connectivity index (χ4n) is 1.08. The van der Waals surface area contributed by atoms with Crippen molar-refractivity contribution in [3.05, 3.63) is 29.3 Å². The van der Waals surface area contributed by atoms with Crippen LogP contribution in [0.5, 0.6) is 5.75 Å². The fraction of sp³-hybridized carbons (Fsp3) is 0.200. The quantitative estimate of drug-likeness (QED) is 0.710. The molecule has 0 spiro atoms. The summed E-state index contributed by atoms with van der Waals surface area (Å²) in [7, 11) is 3.20. The predicted molar refractivity (Wildman–Crippen MR) is 51.5 cm³/mol. The van der Waals surface area contributed by atoms with Crippen LogP contribution < -0.4 is 0 Å². The molecular formula is C10H11NO3. The molecule has 14 heavy (non-hydrogen) atoms. The molecule has 74 valence electrons. The first kappa shape index (κ1) is 10.2. The molecule has 0 aliphatic rings. The summed E-state index contributed by atoms with van der Waals surface area (Å²) in [5, 5.41) is 9.11. The summed E-state index contributed by atoms with van der Waals surface area (Å²) in [5.41, 5.74) is 0.492. The van der Waals surface area contributed by atoms with E-state index in [2.05, 4.69) is 0 Å². The maximum absolute atomic E-state index is 11.5. The van der Waals surface area contributed by atoms with Gasteiger partial charge in [0, 0.05) is 19.7 Å². The normalized spacial score (nSPS) is 9.57. The van der Waals surface area contributed by atoms with Crippen molar-refractivity contribution in [2.75, 3.05) is 14.1 Å². The average molecular weight is 193 g/mol. The Labute approximate surface area is 81.8 Å². The van der Waals surface area contributed by atoms with Crippen molar-refractivity contribution in [1.29, 1.82) is 0 Å². The standard InChI is InChI=1S/C10H11NO3/c1-11(2)10(14)9-4-3-8(13)5-7(9)6-12/h3-6,13H,1-2H3. The van der Waals surface area contributed by atoms with Gasteiger partial charge in [0.2, 0.25) is 0 Å². The summed E-state index contributed by atoms with van der Waals surface area (Å²) in [6, 6.07) is 4.08. The number of carbonyl (C=O) groups excluding carboxylic acids is 2. The minimum Gasteiger partial charge on any atom is -0.508 e. The molecule has 4 nitrogen and oxygen atoms in total. The molecule has 4 heteroatoms. The smallest absolute Gasteiger partial charge is 0.254 e. The Morgan fingerprint density at radius 2 is 2.07 bits per heavy atom. The average Bonchev–Trinajstić information content (AvgIpc) is 2.16. The minimum absolute atomic E-state index is 0.0255. The van der Waals surface area contributed by atoms with Gasteiger partial charge in [0.1, 0.15) is 5.75 Å². The summed E-state index contributed by atoms with van der Waals surface area (Å²) in [4.78, 5) is 23.5. The zero-order valence-corrected chi connectivity index (χ0v) is 8.02. The van der Waals surface area contributed by atoms with E-state index in [1.165, 1.54) is 23.1 Å². The van der Waals surface area contributed by atoms with Crippen molar-refractivity contribution in [3.8, 4) is 5.75 Å². The molecule has 1 rings (SSSR count). The molecule has 0 aliphatic heterocycles. The van der Waals surface area contributed by atoms with E-state index in [0.717, 1.165) is 0 Å². The second-order valence-electron chi connectivity index (χ2n) is 3.09. The zero-order chi connectivity index (χ0) is 10.7. The third-order valence-electron chi connectivity index (χ3n) is 1.80. The SMILES string of the molecule is CN(C)C(=O)c1ccc(O)cc1C=O. The van der Waals surface area contributed by atoms with Gasteiger partial charge in [-0.15, -0.1) is 0 Å². The summed E-state index contributed by atoms with van der Waals surface area (Å²) in [6.07, 6.45) is 0.552. The number of phenols is 1. The van der Waals surface area contributed by atoms with E-state index in [1.54, 1.807) is 14.1 Å². The zero-order valence-electron chi connectivity index (χ0n) is 8.02. The van der Waals surface area contributed by atoms with E-state index in [4.69, 9.17) is 5.11 Å². The lowest BCUT2D eigenvalue weighted by atomic mass is 10.1. The fourth-order valence-corrected chi connectivity index (χ4v) is 1.08. The van der Waals surface area contributed by atoms with Crippen LogP contribution in [0.1, 0.15) is 20.7 Å². The van der Waals surface area contributed by atoms with E-state index >= 15 is 0 Å². The van der Waals surface area contributed by atoms with E-state index in [9.17, 15) is 9.59 Å². The maximum atomic E-state index is 11.5. The molecule has 1 amide bonds. The highest BCUT2D eigenvalue weighted by atomic mass is 16.3. The highest BCUT2D eigenvalue weighted by Crippen LogP contribution is 2.15. The first-order chi connectivity index (χ1) is 6.56. The first-order valence-electron chi connectivity index (χ1n) is 4.06. The van der Waals surface area contributed by atoms with Gasteiger partial charge in [-0.1, -0.05) is 0 Å². The van der Waals surface area contributed by atoms with Crippen LogP contribution in [0.4, 0.5) is 0 Å². The summed E-state index contributed by atoms with van der Waals surface area (Å²) in [5.74, 6) is -0.283. The van der Waals surface area contributed by atoms with Gasteiger partial charge in [-0.25, -0.2) is 0 Å². The Bertz CT molecular complexity index is 372. The molecule has 0 saturated carbocycles. The van der Waals surface area contributed by atoms with Crippen molar-refractivity contribution >= 4 is 12.2 Å². The Morgan fingerprint density at radius 3 is 2.57 bits per heavy atom. The molecule has 0 radical (unpaired) electrons. The molecule has 0 heterocycles. The Balaban J connectivity index is 3.20. The number of aldehydes is 1. The topological polar surface area (TPSA) is 57.6 Å². The van der Waals surface area contributed by atoms with Crippen LogP contribution in [0.25, 0.3) is 0 Å². The number of hydrogen-bond acceptors (Lipinski definition) is 3. The number of rotatable bonds is 2. The first-order valence-corrected chi connectivity index (χ1v) is 4.06. The summed E-state index contributed by atoms with van der Waals surface area (Å²) < 4.78 is 0. The van der Waals surface area contributed by atoms with Gasteiger partial charge in [-0.05, 0) is 18.2 Å². The molecule has 1 aromatic carbocycles. The van der Waals surface area contributed by atoms with Crippen molar-refractivity contribution in [2.24, 2.45) is 0 Å². The second kappa shape index (κ2) is 3.91. The van der Waals surface area contributed by atoms with Gasteiger partial charge < -0.3 is 10.0 Å². The molecule has 0 aromatic heterocycles. The third-order valence-corrected chi connectivity index (χ3v) is 1.80. The van der Waals surface area contributed by atoms with Gasteiger partial charge in [0.05, 0.1) is 5.56 Å². The van der Waals surface area contributed by atoms with Gasteiger partial charge in [0.25, 0.3) is 5.91 Å². The minimum atomic E-state index is -0.257. The van der Waals surface area contributed by atoms with Crippen LogP contribution in [0.15, 0.2) is 18.2 Å². The maximum Gasteiger partial charge on any atom is 0.254 e. The van der Waals surface area contributed by atoms with Crippen LogP contribution in [-0.4, -0.2) is 36.3 Å². The number of benzene rings is 1. The number of phenolic OH excluding ortho intramolecular Hbond substituents is 1. The molecule has 0 fully saturated rings. The van der Waals surface area contributed by atoms with Crippen molar-refractivity contribution in [2.45, 2.75) is 0 Å².